The lowest BCUT2D eigenvalue weighted by Gasteiger charge is -2.32. The number of carbonyl (C=O) groups excluding carboxylic acids is 1. The highest BCUT2D eigenvalue weighted by molar-refractivity contribution is 6.31. The third kappa shape index (κ3) is 2.62. The molecular formula is C11H15ClN2O3. The number of halogens is 1. The number of hydrogen-bond donors (Lipinski definition) is 1. The molecule has 0 radical (unpaired) electrons. The Labute approximate surface area is 105 Å². The van der Waals surface area contributed by atoms with Crippen molar-refractivity contribution in [3.63, 3.8) is 0 Å². The van der Waals surface area contributed by atoms with E-state index in [2.05, 4.69) is 0 Å². The number of rotatable bonds is 2. The highest BCUT2D eigenvalue weighted by atomic mass is 35.5. The van der Waals surface area contributed by atoms with E-state index in [0.29, 0.717) is 30.4 Å². The van der Waals surface area contributed by atoms with Crippen LogP contribution in [0.1, 0.15) is 10.5 Å². The molecule has 17 heavy (non-hydrogen) atoms. The van der Waals surface area contributed by atoms with Crippen LogP contribution in [0.3, 0.4) is 0 Å². The quantitative estimate of drug-likeness (QED) is 0.841. The van der Waals surface area contributed by atoms with E-state index in [4.69, 9.17) is 21.4 Å². The second-order valence-electron chi connectivity index (χ2n) is 4.08. The standard InChI is InChI=1S/C11H15ClN2O3/c1-13-5-8(12)4-10(13)11(16)14-2-3-17-9(6-14)7-15/h4-5,9,15H,2-3,6-7H2,1H3. The first kappa shape index (κ1) is 12.4. The first-order valence-corrected chi connectivity index (χ1v) is 5.83. The molecule has 2 heterocycles. The number of aliphatic hydroxyl groups excluding tert-OH is 1. The first-order valence-electron chi connectivity index (χ1n) is 5.45. The molecule has 0 aliphatic carbocycles. The Bertz CT molecular complexity index is 419. The molecule has 1 unspecified atom stereocenters. The molecule has 1 aliphatic rings. The Balaban J connectivity index is 2.12. The normalized spacial score (nSPS) is 20.6. The molecule has 0 saturated carbocycles. The third-order valence-electron chi connectivity index (χ3n) is 2.82. The molecule has 1 N–H and O–H groups in total. The van der Waals surface area contributed by atoms with E-state index >= 15 is 0 Å². The average molecular weight is 259 g/mol. The number of amides is 1. The van der Waals surface area contributed by atoms with Crippen molar-refractivity contribution >= 4 is 17.5 Å². The second-order valence-corrected chi connectivity index (χ2v) is 4.52. The van der Waals surface area contributed by atoms with Gasteiger partial charge in [0.15, 0.2) is 0 Å². The van der Waals surface area contributed by atoms with E-state index in [0.717, 1.165) is 0 Å². The van der Waals surface area contributed by atoms with Gasteiger partial charge in [0.2, 0.25) is 0 Å². The van der Waals surface area contributed by atoms with E-state index in [1.54, 1.807) is 28.8 Å². The fourth-order valence-corrected chi connectivity index (χ4v) is 2.16. The van der Waals surface area contributed by atoms with Gasteiger partial charge in [0, 0.05) is 26.3 Å². The number of ether oxygens (including phenoxy) is 1. The van der Waals surface area contributed by atoms with Crippen molar-refractivity contribution in [1.29, 1.82) is 0 Å². The van der Waals surface area contributed by atoms with E-state index in [-0.39, 0.29) is 18.6 Å². The zero-order chi connectivity index (χ0) is 12.4. The Kier molecular flexibility index (Phi) is 3.71. The van der Waals surface area contributed by atoms with Crippen LogP contribution in [0.25, 0.3) is 0 Å². The van der Waals surface area contributed by atoms with Crippen molar-refractivity contribution in [3.8, 4) is 0 Å². The number of aryl methyl sites for hydroxylation is 1. The van der Waals surface area contributed by atoms with Crippen molar-refractivity contribution < 1.29 is 14.6 Å². The summed E-state index contributed by atoms with van der Waals surface area (Å²) in [5.41, 5.74) is 0.550. The Morgan fingerprint density at radius 1 is 1.71 bits per heavy atom. The van der Waals surface area contributed by atoms with Crippen LogP contribution in [0.5, 0.6) is 0 Å². The lowest BCUT2D eigenvalue weighted by molar-refractivity contribution is -0.0449. The Hall–Kier alpha value is -1.04. The summed E-state index contributed by atoms with van der Waals surface area (Å²) in [4.78, 5) is 13.9. The number of nitrogens with zero attached hydrogens (tertiary/aromatic N) is 2. The zero-order valence-electron chi connectivity index (χ0n) is 9.60. The predicted octanol–water partition coefficient (Wildman–Crippen LogP) is 0.512. The fourth-order valence-electron chi connectivity index (χ4n) is 1.91. The van der Waals surface area contributed by atoms with Gasteiger partial charge in [-0.3, -0.25) is 4.79 Å². The maximum absolute atomic E-state index is 12.2. The van der Waals surface area contributed by atoms with Crippen LogP contribution < -0.4 is 0 Å². The van der Waals surface area contributed by atoms with E-state index in [9.17, 15) is 4.79 Å². The molecule has 1 aliphatic heterocycles. The minimum atomic E-state index is -0.288. The lowest BCUT2D eigenvalue weighted by Crippen LogP contribution is -2.47. The molecule has 1 atom stereocenters. The third-order valence-corrected chi connectivity index (χ3v) is 3.03. The molecule has 1 fully saturated rings. The van der Waals surface area contributed by atoms with Crippen LogP contribution in [-0.4, -0.2) is 52.9 Å². The van der Waals surface area contributed by atoms with E-state index in [1.165, 1.54) is 0 Å². The minimum Gasteiger partial charge on any atom is -0.394 e. The van der Waals surface area contributed by atoms with Crippen molar-refractivity contribution in [1.82, 2.24) is 9.47 Å². The molecule has 0 aromatic carbocycles. The smallest absolute Gasteiger partial charge is 0.270 e. The van der Waals surface area contributed by atoms with Gasteiger partial charge < -0.3 is 19.3 Å². The summed E-state index contributed by atoms with van der Waals surface area (Å²) in [5, 5.41) is 9.57. The summed E-state index contributed by atoms with van der Waals surface area (Å²) < 4.78 is 7.00. The highest BCUT2D eigenvalue weighted by Crippen LogP contribution is 2.16. The van der Waals surface area contributed by atoms with Gasteiger partial charge in [-0.25, -0.2) is 0 Å². The molecular weight excluding hydrogens is 244 g/mol. The summed E-state index contributed by atoms with van der Waals surface area (Å²) >= 11 is 5.85. The van der Waals surface area contributed by atoms with Crippen LogP contribution in [-0.2, 0) is 11.8 Å². The molecule has 1 aromatic heterocycles. The van der Waals surface area contributed by atoms with Crippen molar-refractivity contribution in [2.24, 2.45) is 7.05 Å². The largest absolute Gasteiger partial charge is 0.394 e. The number of hydrogen-bond acceptors (Lipinski definition) is 3. The second kappa shape index (κ2) is 5.08. The number of morpholine rings is 1. The molecule has 94 valence electrons. The average Bonchev–Trinajstić information content (AvgIpc) is 2.67. The summed E-state index contributed by atoms with van der Waals surface area (Å²) in [6.45, 7) is 1.34. The van der Waals surface area contributed by atoms with Crippen LogP contribution in [0, 0.1) is 0 Å². The molecule has 0 bridgehead atoms. The molecule has 6 heteroatoms. The number of carbonyl (C=O) groups is 1. The topological polar surface area (TPSA) is 54.7 Å². The van der Waals surface area contributed by atoms with Gasteiger partial charge in [-0.15, -0.1) is 0 Å². The summed E-state index contributed by atoms with van der Waals surface area (Å²) in [6, 6.07) is 1.65. The zero-order valence-corrected chi connectivity index (χ0v) is 10.4. The molecule has 2 rings (SSSR count). The van der Waals surface area contributed by atoms with Gasteiger partial charge in [-0.1, -0.05) is 11.6 Å². The fraction of sp³-hybridized carbons (Fsp3) is 0.545. The minimum absolute atomic E-state index is 0.0718. The molecule has 1 aromatic rings. The molecule has 1 saturated heterocycles. The predicted molar refractivity (Wildman–Crippen MR) is 63.2 cm³/mol. The number of aliphatic hydroxyl groups is 1. The van der Waals surface area contributed by atoms with Gasteiger partial charge >= 0.3 is 0 Å². The molecule has 1 amide bonds. The van der Waals surface area contributed by atoms with E-state index < -0.39 is 0 Å². The van der Waals surface area contributed by atoms with Crippen LogP contribution >= 0.6 is 11.6 Å². The van der Waals surface area contributed by atoms with Crippen molar-refractivity contribution in [3.05, 3.63) is 23.0 Å². The van der Waals surface area contributed by atoms with E-state index in [1.807, 2.05) is 0 Å². The summed E-state index contributed by atoms with van der Waals surface area (Å²) in [5.74, 6) is -0.0823. The van der Waals surface area contributed by atoms with Gasteiger partial charge in [-0.2, -0.15) is 0 Å². The highest BCUT2D eigenvalue weighted by Gasteiger charge is 2.26. The molecule has 0 spiro atoms. The van der Waals surface area contributed by atoms with Gasteiger partial charge in [0.1, 0.15) is 5.69 Å². The van der Waals surface area contributed by atoms with Crippen LogP contribution in [0.2, 0.25) is 5.02 Å². The molecule has 5 nitrogen and oxygen atoms in total. The Morgan fingerprint density at radius 2 is 2.47 bits per heavy atom. The van der Waals surface area contributed by atoms with Crippen molar-refractivity contribution in [2.45, 2.75) is 6.10 Å². The maximum Gasteiger partial charge on any atom is 0.270 e. The monoisotopic (exact) mass is 258 g/mol. The summed E-state index contributed by atoms with van der Waals surface area (Å²) in [6.07, 6.45) is 1.40. The van der Waals surface area contributed by atoms with Crippen LogP contribution in [0.15, 0.2) is 12.3 Å². The SMILES string of the molecule is Cn1cc(Cl)cc1C(=O)N1CCOC(CO)C1. The van der Waals surface area contributed by atoms with Crippen LogP contribution in [0.4, 0.5) is 0 Å². The van der Waals surface area contributed by atoms with Crippen molar-refractivity contribution in [2.75, 3.05) is 26.3 Å². The van der Waals surface area contributed by atoms with Gasteiger partial charge in [0.25, 0.3) is 5.91 Å². The maximum atomic E-state index is 12.2. The van der Waals surface area contributed by atoms with Gasteiger partial charge in [-0.05, 0) is 6.07 Å². The Morgan fingerprint density at radius 3 is 3.06 bits per heavy atom. The lowest BCUT2D eigenvalue weighted by atomic mass is 10.2. The summed E-state index contributed by atoms with van der Waals surface area (Å²) in [7, 11) is 1.78. The number of aromatic nitrogens is 1. The first-order chi connectivity index (χ1) is 8.11. The van der Waals surface area contributed by atoms with Gasteiger partial charge in [0.05, 0.1) is 24.3 Å².